The SMILES string of the molecule is CC1CN(c2cc(N3CCN(C(=O)OC(C)(C)C)CC3)n3nc([C@@H]4CCCCN4C(=O)c4cc(Cl)ccc4NC(=O)OC(C)C)cc3n2)C1. The molecule has 3 saturated heterocycles. The number of ether oxygens (including phenoxy) is 2. The smallest absolute Gasteiger partial charge is 0.411 e. The first-order chi connectivity index (χ1) is 23.3. The third-order valence-corrected chi connectivity index (χ3v) is 9.19. The van der Waals surface area contributed by atoms with Gasteiger partial charge in [-0.15, -0.1) is 0 Å². The summed E-state index contributed by atoms with van der Waals surface area (Å²) in [6.45, 7) is 16.0. The molecule has 0 unspecified atom stereocenters. The second kappa shape index (κ2) is 13.9. The zero-order chi connectivity index (χ0) is 35.0. The van der Waals surface area contributed by atoms with Crippen molar-refractivity contribution < 1.29 is 23.9 Å². The minimum absolute atomic E-state index is 0.245. The molecule has 0 radical (unpaired) electrons. The molecule has 0 aliphatic carbocycles. The van der Waals surface area contributed by atoms with Gasteiger partial charge >= 0.3 is 12.2 Å². The van der Waals surface area contributed by atoms with Crippen LogP contribution in [-0.4, -0.2) is 100 Å². The Bertz CT molecular complexity index is 1710. The summed E-state index contributed by atoms with van der Waals surface area (Å²) >= 11 is 6.36. The molecule has 3 amide bonds. The predicted octanol–water partition coefficient (Wildman–Crippen LogP) is 6.22. The lowest BCUT2D eigenvalue weighted by molar-refractivity contribution is 0.0240. The molecular formula is C35H47ClN8O5. The summed E-state index contributed by atoms with van der Waals surface area (Å²) in [5, 5.41) is 8.21. The molecule has 3 aromatic rings. The normalized spacial score (nSPS) is 18.9. The van der Waals surface area contributed by atoms with E-state index in [0.29, 0.717) is 60.6 Å². The van der Waals surface area contributed by atoms with Crippen molar-refractivity contribution in [3.63, 3.8) is 0 Å². The summed E-state index contributed by atoms with van der Waals surface area (Å²) in [5.41, 5.74) is 1.52. The monoisotopic (exact) mass is 694 g/mol. The van der Waals surface area contributed by atoms with Crippen molar-refractivity contribution in [2.45, 2.75) is 78.6 Å². The van der Waals surface area contributed by atoms with Gasteiger partial charge in [0.05, 0.1) is 29.1 Å². The first-order valence-electron chi connectivity index (χ1n) is 17.2. The predicted molar refractivity (Wildman–Crippen MR) is 189 cm³/mol. The van der Waals surface area contributed by atoms with Crippen LogP contribution in [0.5, 0.6) is 0 Å². The highest BCUT2D eigenvalue weighted by Gasteiger charge is 2.34. The van der Waals surface area contributed by atoms with Crippen LogP contribution in [0.2, 0.25) is 5.02 Å². The van der Waals surface area contributed by atoms with Crippen molar-refractivity contribution in [2.24, 2.45) is 5.92 Å². The van der Waals surface area contributed by atoms with E-state index in [-0.39, 0.29) is 24.1 Å². The van der Waals surface area contributed by atoms with Gasteiger partial charge in [0, 0.05) is 63.0 Å². The number of rotatable bonds is 6. The number of piperidine rings is 1. The number of nitrogens with one attached hydrogen (secondary N) is 1. The van der Waals surface area contributed by atoms with Gasteiger partial charge in [-0.3, -0.25) is 10.1 Å². The number of carbonyl (C=O) groups excluding carboxylic acids is 3. The van der Waals surface area contributed by atoms with Crippen LogP contribution in [-0.2, 0) is 9.47 Å². The summed E-state index contributed by atoms with van der Waals surface area (Å²) in [5.74, 6) is 2.14. The van der Waals surface area contributed by atoms with Crippen molar-refractivity contribution in [3.05, 3.63) is 46.6 Å². The Hall–Kier alpha value is -4.26. The van der Waals surface area contributed by atoms with Crippen molar-refractivity contribution >= 4 is 52.7 Å². The maximum absolute atomic E-state index is 14.3. The summed E-state index contributed by atoms with van der Waals surface area (Å²) in [6.07, 6.45) is 1.25. The van der Waals surface area contributed by atoms with Gasteiger partial charge in [-0.05, 0) is 78.0 Å². The number of piperazine rings is 1. The Labute approximate surface area is 292 Å². The van der Waals surface area contributed by atoms with E-state index >= 15 is 0 Å². The van der Waals surface area contributed by atoms with Crippen LogP contribution in [0.15, 0.2) is 30.3 Å². The highest BCUT2D eigenvalue weighted by atomic mass is 35.5. The molecule has 14 heteroatoms. The van der Waals surface area contributed by atoms with E-state index in [1.165, 1.54) is 0 Å². The number of amides is 3. The molecule has 0 bridgehead atoms. The molecule has 2 aromatic heterocycles. The molecule has 13 nitrogen and oxygen atoms in total. The standard InChI is InChI=1S/C35H47ClN8O5/c1-22(2)48-33(46)37-26-11-10-24(36)17-25(26)32(45)43-12-8-7-9-28(43)27-18-30-38-29(42-20-23(3)21-42)19-31(44(30)39-27)40-13-15-41(16-14-40)34(47)49-35(4,5)6/h10-11,17-19,22-23,28H,7-9,12-16,20-21H2,1-6H3,(H,37,46)/t28-/m0/s1. The summed E-state index contributed by atoms with van der Waals surface area (Å²) in [4.78, 5) is 52.6. The highest BCUT2D eigenvalue weighted by Crippen LogP contribution is 2.36. The first kappa shape index (κ1) is 34.6. The van der Waals surface area contributed by atoms with Gasteiger partial charge in [0.1, 0.15) is 17.2 Å². The summed E-state index contributed by atoms with van der Waals surface area (Å²) in [6, 6.07) is 8.61. The molecular weight excluding hydrogens is 648 g/mol. The van der Waals surface area contributed by atoms with Crippen LogP contribution in [0, 0.1) is 5.92 Å². The Morgan fingerprint density at radius 2 is 1.71 bits per heavy atom. The quantitative estimate of drug-likeness (QED) is 0.320. The van der Waals surface area contributed by atoms with E-state index < -0.39 is 11.7 Å². The van der Waals surface area contributed by atoms with Crippen molar-refractivity contribution in [1.82, 2.24) is 24.4 Å². The summed E-state index contributed by atoms with van der Waals surface area (Å²) in [7, 11) is 0. The van der Waals surface area contributed by atoms with Gasteiger partial charge in [-0.2, -0.15) is 9.61 Å². The molecule has 1 N–H and O–H groups in total. The van der Waals surface area contributed by atoms with Gasteiger partial charge in [0.15, 0.2) is 5.65 Å². The van der Waals surface area contributed by atoms with Crippen molar-refractivity contribution in [1.29, 1.82) is 0 Å². The first-order valence-corrected chi connectivity index (χ1v) is 17.6. The fourth-order valence-electron chi connectivity index (χ4n) is 6.64. The molecule has 0 saturated carbocycles. The van der Waals surface area contributed by atoms with Gasteiger partial charge in [0.25, 0.3) is 5.91 Å². The highest BCUT2D eigenvalue weighted by molar-refractivity contribution is 6.31. The molecule has 3 aliphatic rings. The zero-order valence-electron chi connectivity index (χ0n) is 29.2. The minimum Gasteiger partial charge on any atom is -0.447 e. The molecule has 6 rings (SSSR count). The largest absolute Gasteiger partial charge is 0.447 e. The Kier molecular flexibility index (Phi) is 9.83. The molecule has 0 spiro atoms. The number of benzene rings is 1. The maximum Gasteiger partial charge on any atom is 0.411 e. The number of nitrogens with zero attached hydrogens (tertiary/aromatic N) is 7. The third-order valence-electron chi connectivity index (χ3n) is 8.95. The molecule has 1 atom stereocenters. The van der Waals surface area contributed by atoms with E-state index in [1.807, 2.05) is 36.3 Å². The molecule has 3 fully saturated rings. The Morgan fingerprint density at radius 1 is 0.980 bits per heavy atom. The molecule has 1 aromatic carbocycles. The van der Waals surface area contributed by atoms with Crippen LogP contribution < -0.4 is 15.1 Å². The molecule has 264 valence electrons. The lowest BCUT2D eigenvalue weighted by Gasteiger charge is -2.39. The average Bonchev–Trinajstić information content (AvgIpc) is 3.46. The lowest BCUT2D eigenvalue weighted by Crippen LogP contribution is -2.50. The van der Waals surface area contributed by atoms with E-state index in [9.17, 15) is 14.4 Å². The molecule has 5 heterocycles. The van der Waals surface area contributed by atoms with E-state index in [2.05, 4.69) is 28.1 Å². The Balaban J connectivity index is 1.30. The van der Waals surface area contributed by atoms with Crippen LogP contribution >= 0.6 is 11.6 Å². The zero-order valence-corrected chi connectivity index (χ0v) is 30.0. The van der Waals surface area contributed by atoms with Gasteiger partial charge < -0.3 is 29.1 Å². The minimum atomic E-state index is -0.639. The number of hydrogen-bond donors (Lipinski definition) is 1. The number of likely N-dealkylation sites (tertiary alicyclic amines) is 1. The van der Waals surface area contributed by atoms with E-state index in [4.69, 9.17) is 31.2 Å². The Morgan fingerprint density at radius 3 is 2.39 bits per heavy atom. The molecule has 3 aliphatic heterocycles. The van der Waals surface area contributed by atoms with Crippen molar-refractivity contribution in [2.75, 3.05) is 60.9 Å². The second-order valence-electron chi connectivity index (χ2n) is 14.6. The van der Waals surface area contributed by atoms with Crippen LogP contribution in [0.4, 0.5) is 26.9 Å². The number of aromatic nitrogens is 3. The van der Waals surface area contributed by atoms with Crippen molar-refractivity contribution in [3.8, 4) is 0 Å². The van der Waals surface area contributed by atoms with E-state index in [0.717, 1.165) is 49.7 Å². The van der Waals surface area contributed by atoms with Crippen LogP contribution in [0.1, 0.15) is 82.9 Å². The molecule has 49 heavy (non-hydrogen) atoms. The average molecular weight is 695 g/mol. The van der Waals surface area contributed by atoms with E-state index in [1.54, 1.807) is 36.9 Å². The van der Waals surface area contributed by atoms with Crippen LogP contribution in [0.3, 0.4) is 0 Å². The number of carbonyl (C=O) groups is 3. The fourth-order valence-corrected chi connectivity index (χ4v) is 6.81. The summed E-state index contributed by atoms with van der Waals surface area (Å²) < 4.78 is 12.8. The number of halogens is 1. The third kappa shape index (κ3) is 7.82. The van der Waals surface area contributed by atoms with Gasteiger partial charge in [-0.1, -0.05) is 18.5 Å². The fraction of sp³-hybridized carbons (Fsp3) is 0.571. The second-order valence-corrected chi connectivity index (χ2v) is 15.0. The maximum atomic E-state index is 14.3. The number of anilines is 3. The van der Waals surface area contributed by atoms with Gasteiger partial charge in [0.2, 0.25) is 0 Å². The van der Waals surface area contributed by atoms with Gasteiger partial charge in [-0.25, -0.2) is 14.6 Å². The number of fused-ring (bicyclic) bond motifs is 1. The van der Waals surface area contributed by atoms with Crippen LogP contribution in [0.25, 0.3) is 5.65 Å². The lowest BCUT2D eigenvalue weighted by atomic mass is 9.98. The topological polar surface area (TPSA) is 125 Å². The number of hydrogen-bond acceptors (Lipinski definition) is 9.